The van der Waals surface area contributed by atoms with Gasteiger partial charge in [0.2, 0.25) is 18.6 Å². The Balaban J connectivity index is 1.85. The zero-order valence-corrected chi connectivity index (χ0v) is 11.3. The second-order valence-corrected chi connectivity index (χ2v) is 4.33. The summed E-state index contributed by atoms with van der Waals surface area (Å²) < 4.78 is 16.4. The van der Waals surface area contributed by atoms with E-state index in [1.807, 2.05) is 26.0 Å². The smallest absolute Gasteiger partial charge is 0.231 e. The van der Waals surface area contributed by atoms with Gasteiger partial charge in [0.1, 0.15) is 5.75 Å². The third kappa shape index (κ3) is 2.45. The zero-order chi connectivity index (χ0) is 13.9. The molecule has 0 bridgehead atoms. The SMILES string of the molecule is CCNc1ncc(C)c(Oc2ccc3c(c2)OCO3)n1. The van der Waals surface area contributed by atoms with E-state index in [0.29, 0.717) is 23.3 Å². The van der Waals surface area contributed by atoms with Crippen LogP contribution in [0.25, 0.3) is 0 Å². The van der Waals surface area contributed by atoms with Gasteiger partial charge in [0.25, 0.3) is 0 Å². The first-order valence-corrected chi connectivity index (χ1v) is 6.41. The van der Waals surface area contributed by atoms with E-state index in [0.717, 1.165) is 17.9 Å². The highest BCUT2D eigenvalue weighted by molar-refractivity contribution is 5.48. The predicted octanol–water partition coefficient (Wildman–Crippen LogP) is 2.74. The quantitative estimate of drug-likeness (QED) is 0.924. The van der Waals surface area contributed by atoms with Gasteiger partial charge in [0.05, 0.1) is 0 Å². The highest BCUT2D eigenvalue weighted by Gasteiger charge is 2.15. The molecule has 1 aromatic heterocycles. The third-order valence-corrected chi connectivity index (χ3v) is 2.82. The number of nitrogens with one attached hydrogen (secondary N) is 1. The van der Waals surface area contributed by atoms with E-state index in [1.54, 1.807) is 12.3 Å². The number of rotatable bonds is 4. The van der Waals surface area contributed by atoms with Gasteiger partial charge in [-0.3, -0.25) is 0 Å². The van der Waals surface area contributed by atoms with Crippen LogP contribution in [0.1, 0.15) is 12.5 Å². The summed E-state index contributed by atoms with van der Waals surface area (Å²) in [5, 5.41) is 3.06. The van der Waals surface area contributed by atoms with Gasteiger partial charge in [-0.15, -0.1) is 0 Å². The largest absolute Gasteiger partial charge is 0.454 e. The Hall–Kier alpha value is -2.50. The fourth-order valence-electron chi connectivity index (χ4n) is 1.83. The van der Waals surface area contributed by atoms with Gasteiger partial charge in [0.15, 0.2) is 11.5 Å². The van der Waals surface area contributed by atoms with Crippen LogP contribution in [0, 0.1) is 6.92 Å². The molecule has 0 spiro atoms. The van der Waals surface area contributed by atoms with Gasteiger partial charge in [-0.05, 0) is 26.0 Å². The van der Waals surface area contributed by atoms with Gasteiger partial charge in [0, 0.05) is 24.4 Å². The minimum Gasteiger partial charge on any atom is -0.454 e. The second-order valence-electron chi connectivity index (χ2n) is 4.33. The number of benzene rings is 1. The van der Waals surface area contributed by atoms with E-state index in [1.165, 1.54) is 0 Å². The maximum absolute atomic E-state index is 5.79. The van der Waals surface area contributed by atoms with Crippen LogP contribution in [0.3, 0.4) is 0 Å². The van der Waals surface area contributed by atoms with Crippen molar-refractivity contribution >= 4 is 5.95 Å². The van der Waals surface area contributed by atoms with Crippen LogP contribution >= 0.6 is 0 Å². The average molecular weight is 273 g/mol. The molecule has 20 heavy (non-hydrogen) atoms. The first-order valence-electron chi connectivity index (χ1n) is 6.41. The van der Waals surface area contributed by atoms with Crippen LogP contribution in [0.15, 0.2) is 24.4 Å². The summed E-state index contributed by atoms with van der Waals surface area (Å²) in [5.41, 5.74) is 0.865. The molecule has 1 aliphatic heterocycles. The Bertz CT molecular complexity index is 631. The number of hydrogen-bond donors (Lipinski definition) is 1. The molecule has 2 heterocycles. The van der Waals surface area contributed by atoms with Crippen LogP contribution in [0.2, 0.25) is 0 Å². The van der Waals surface area contributed by atoms with E-state index in [9.17, 15) is 0 Å². The van der Waals surface area contributed by atoms with Gasteiger partial charge in [-0.2, -0.15) is 4.98 Å². The van der Waals surface area contributed by atoms with E-state index in [2.05, 4.69) is 15.3 Å². The fraction of sp³-hybridized carbons (Fsp3) is 0.286. The number of fused-ring (bicyclic) bond motifs is 1. The summed E-state index contributed by atoms with van der Waals surface area (Å²) in [4.78, 5) is 8.52. The van der Waals surface area contributed by atoms with Crippen molar-refractivity contribution in [2.75, 3.05) is 18.7 Å². The van der Waals surface area contributed by atoms with E-state index in [-0.39, 0.29) is 6.79 Å². The Labute approximate surface area is 116 Å². The maximum atomic E-state index is 5.79. The molecule has 1 aromatic carbocycles. The van der Waals surface area contributed by atoms with Crippen LogP contribution in [-0.2, 0) is 0 Å². The predicted molar refractivity (Wildman–Crippen MR) is 73.6 cm³/mol. The Kier molecular flexibility index (Phi) is 3.28. The lowest BCUT2D eigenvalue weighted by molar-refractivity contribution is 0.174. The molecule has 2 aromatic rings. The van der Waals surface area contributed by atoms with Gasteiger partial charge >= 0.3 is 0 Å². The van der Waals surface area contributed by atoms with E-state index >= 15 is 0 Å². The molecule has 0 unspecified atom stereocenters. The molecule has 6 heteroatoms. The van der Waals surface area contributed by atoms with Crippen molar-refractivity contribution in [2.24, 2.45) is 0 Å². The molecule has 1 aliphatic rings. The van der Waals surface area contributed by atoms with E-state index in [4.69, 9.17) is 14.2 Å². The van der Waals surface area contributed by atoms with Crippen molar-refractivity contribution in [1.29, 1.82) is 0 Å². The molecule has 6 nitrogen and oxygen atoms in total. The van der Waals surface area contributed by atoms with Crippen molar-refractivity contribution in [3.05, 3.63) is 30.0 Å². The minimum atomic E-state index is 0.246. The number of ether oxygens (including phenoxy) is 3. The normalized spacial score (nSPS) is 12.3. The standard InChI is InChI=1S/C14H15N3O3/c1-3-15-14-16-7-9(2)13(17-14)20-10-4-5-11-12(6-10)19-8-18-11/h4-7H,3,8H2,1-2H3,(H,15,16,17). The topological polar surface area (TPSA) is 65.5 Å². The van der Waals surface area contributed by atoms with Crippen LogP contribution in [0.5, 0.6) is 23.1 Å². The molecule has 0 atom stereocenters. The molecule has 0 fully saturated rings. The third-order valence-electron chi connectivity index (χ3n) is 2.82. The summed E-state index contributed by atoms with van der Waals surface area (Å²) in [7, 11) is 0. The summed E-state index contributed by atoms with van der Waals surface area (Å²) in [5.74, 6) is 3.13. The summed E-state index contributed by atoms with van der Waals surface area (Å²) >= 11 is 0. The molecular weight excluding hydrogens is 258 g/mol. The monoisotopic (exact) mass is 273 g/mol. The number of anilines is 1. The molecule has 0 aliphatic carbocycles. The molecule has 0 amide bonds. The highest BCUT2D eigenvalue weighted by Crippen LogP contribution is 2.36. The van der Waals surface area contributed by atoms with Gasteiger partial charge in [-0.25, -0.2) is 4.98 Å². The fourth-order valence-corrected chi connectivity index (χ4v) is 1.83. The van der Waals surface area contributed by atoms with Crippen molar-refractivity contribution in [2.45, 2.75) is 13.8 Å². The lowest BCUT2D eigenvalue weighted by Crippen LogP contribution is -2.03. The molecule has 1 N–H and O–H groups in total. The molecule has 3 rings (SSSR count). The Morgan fingerprint density at radius 2 is 2.15 bits per heavy atom. The van der Waals surface area contributed by atoms with Crippen LogP contribution in [0.4, 0.5) is 5.95 Å². The summed E-state index contributed by atoms with van der Waals surface area (Å²) in [6.45, 7) is 4.89. The molecular formula is C14H15N3O3. The zero-order valence-electron chi connectivity index (χ0n) is 11.3. The van der Waals surface area contributed by atoms with Crippen molar-refractivity contribution < 1.29 is 14.2 Å². The van der Waals surface area contributed by atoms with Crippen molar-refractivity contribution in [3.63, 3.8) is 0 Å². The van der Waals surface area contributed by atoms with Gasteiger partial charge < -0.3 is 19.5 Å². The summed E-state index contributed by atoms with van der Waals surface area (Å²) in [6, 6.07) is 5.43. The number of aromatic nitrogens is 2. The van der Waals surface area contributed by atoms with Crippen LogP contribution in [-0.4, -0.2) is 23.3 Å². The maximum Gasteiger partial charge on any atom is 0.231 e. The van der Waals surface area contributed by atoms with Crippen molar-refractivity contribution in [3.8, 4) is 23.1 Å². The number of nitrogens with zero attached hydrogens (tertiary/aromatic N) is 2. The minimum absolute atomic E-state index is 0.246. The molecule has 0 saturated carbocycles. The lowest BCUT2D eigenvalue weighted by atomic mass is 10.3. The first kappa shape index (κ1) is 12.5. The lowest BCUT2D eigenvalue weighted by Gasteiger charge is -2.09. The van der Waals surface area contributed by atoms with E-state index < -0.39 is 0 Å². The number of aryl methyl sites for hydroxylation is 1. The van der Waals surface area contributed by atoms with Crippen molar-refractivity contribution in [1.82, 2.24) is 9.97 Å². The molecule has 0 radical (unpaired) electrons. The highest BCUT2D eigenvalue weighted by atomic mass is 16.7. The first-order chi connectivity index (χ1) is 9.76. The molecule has 104 valence electrons. The average Bonchev–Trinajstić information content (AvgIpc) is 2.90. The number of hydrogen-bond acceptors (Lipinski definition) is 6. The Morgan fingerprint density at radius 1 is 1.30 bits per heavy atom. The Morgan fingerprint density at radius 3 is 3.00 bits per heavy atom. The second kappa shape index (κ2) is 5.24. The van der Waals surface area contributed by atoms with Crippen LogP contribution < -0.4 is 19.5 Å². The molecule has 0 saturated heterocycles. The summed E-state index contributed by atoms with van der Waals surface area (Å²) in [6.07, 6.45) is 1.73. The van der Waals surface area contributed by atoms with Gasteiger partial charge in [-0.1, -0.05) is 0 Å².